The number of nitrogens with one attached hydrogen (secondary N) is 2. The van der Waals surface area contributed by atoms with E-state index in [1.165, 1.54) is 33.9 Å². The van der Waals surface area contributed by atoms with E-state index < -0.39 is 76.9 Å². The molecule has 18 heteroatoms. The molecule has 246 valence electrons. The minimum absolute atomic E-state index is 0.0113. The minimum Gasteiger partial charge on any atom is -0.867 e. The van der Waals surface area contributed by atoms with Gasteiger partial charge in [0.1, 0.15) is 36.4 Å². The highest BCUT2D eigenvalue weighted by atomic mass is 19.1. The van der Waals surface area contributed by atoms with Gasteiger partial charge in [-0.05, 0) is 37.3 Å². The monoisotopic (exact) mass is 637 g/mol. The summed E-state index contributed by atoms with van der Waals surface area (Å²) in [6, 6.07) is 3.43. The predicted molar refractivity (Wildman–Crippen MR) is 148 cm³/mol. The number of aliphatic hydroxyl groups excluding tert-OH is 4. The molecule has 0 spiro atoms. The van der Waals surface area contributed by atoms with Crippen molar-refractivity contribution < 1.29 is 54.0 Å². The highest BCUT2D eigenvalue weighted by molar-refractivity contribution is 5.94. The number of amides is 2. The Hall–Kier alpha value is -4.49. The van der Waals surface area contributed by atoms with Crippen LogP contribution in [0.5, 0.6) is 11.5 Å². The smallest absolute Gasteiger partial charge is 0.309 e. The number of nitrogens with two attached hydrogens (primary N) is 1. The number of rotatable bonds is 14. The number of quaternary nitrogens is 1. The Morgan fingerprint density at radius 2 is 1.89 bits per heavy atom. The lowest BCUT2D eigenvalue weighted by atomic mass is 10.0. The van der Waals surface area contributed by atoms with Gasteiger partial charge in [-0.15, -0.1) is 10.2 Å². The first-order chi connectivity index (χ1) is 21.1. The van der Waals surface area contributed by atoms with Crippen LogP contribution in [0.4, 0.5) is 4.39 Å². The van der Waals surface area contributed by atoms with Crippen molar-refractivity contribution in [3.05, 3.63) is 63.2 Å². The Balaban J connectivity index is 1.83. The molecule has 0 radical (unpaired) electrons. The highest BCUT2D eigenvalue weighted by Gasteiger charge is 2.35. The normalized spacial score (nSPS) is 14.4. The molecule has 2 aromatic heterocycles. The third kappa shape index (κ3) is 8.17. The van der Waals surface area contributed by atoms with Crippen molar-refractivity contribution in [2.75, 3.05) is 20.2 Å². The fourth-order valence-corrected chi connectivity index (χ4v) is 4.32. The summed E-state index contributed by atoms with van der Waals surface area (Å²) in [6.07, 6.45) is -6.39. The lowest BCUT2D eigenvalue weighted by molar-refractivity contribution is -0.635. The van der Waals surface area contributed by atoms with Gasteiger partial charge in [0.25, 0.3) is 5.91 Å². The van der Waals surface area contributed by atoms with E-state index in [4.69, 9.17) is 9.15 Å². The van der Waals surface area contributed by atoms with E-state index >= 15 is 0 Å². The van der Waals surface area contributed by atoms with Crippen LogP contribution >= 0.6 is 0 Å². The SMILES string of the molecule is C[NH2+]CC(O)C(Oc1cc(CNC(=O)c2nc(C(C)(C)NC(=O)c3nnc(C)o3)n(C)c(=O)c2[O-])ccc1F)C(O)C(O)CO. The molecular weight excluding hydrogens is 601 g/mol. The molecule has 0 aliphatic rings. The maximum Gasteiger partial charge on any atom is 0.309 e. The summed E-state index contributed by atoms with van der Waals surface area (Å²) in [5.41, 5.74) is -3.02. The van der Waals surface area contributed by atoms with E-state index in [0.717, 1.165) is 16.7 Å². The lowest BCUT2D eigenvalue weighted by Crippen LogP contribution is -2.83. The summed E-state index contributed by atoms with van der Waals surface area (Å²) in [5, 5.41) is 66.3. The standard InChI is InChI=1S/C27H36FN7O10/c1-12-33-34-24(44-12)23(42)32-27(2,3)26-31-18(20(40)25(43)35(26)5)22(41)30-9-13-6-7-14(28)17(8-13)45-21(15(37)10-29-4)19(39)16(38)11-36/h6-8,15-16,19,21,29,36-40H,9-11H2,1-5H3,(H,30,41)(H,32,42). The minimum atomic E-state index is -1.78. The zero-order valence-electron chi connectivity index (χ0n) is 25.1. The summed E-state index contributed by atoms with van der Waals surface area (Å²) in [4.78, 5) is 42.5. The largest absolute Gasteiger partial charge is 0.867 e. The van der Waals surface area contributed by atoms with E-state index in [2.05, 4.69) is 25.8 Å². The molecule has 3 aromatic rings. The van der Waals surface area contributed by atoms with Crippen molar-refractivity contribution in [3.63, 3.8) is 0 Å². The first-order valence-electron chi connectivity index (χ1n) is 13.7. The van der Waals surface area contributed by atoms with Crippen LogP contribution in [0.3, 0.4) is 0 Å². The fourth-order valence-electron chi connectivity index (χ4n) is 4.32. The number of hydrogen-bond acceptors (Lipinski definition) is 13. The van der Waals surface area contributed by atoms with Crippen molar-refractivity contribution in [2.45, 2.75) is 57.3 Å². The highest BCUT2D eigenvalue weighted by Crippen LogP contribution is 2.24. The van der Waals surface area contributed by atoms with Gasteiger partial charge in [-0.1, -0.05) is 6.07 Å². The summed E-state index contributed by atoms with van der Waals surface area (Å²) < 4.78 is 26.2. The van der Waals surface area contributed by atoms with E-state index in [-0.39, 0.29) is 36.3 Å². The Bertz CT molecular complexity index is 1580. The molecule has 2 heterocycles. The van der Waals surface area contributed by atoms with Gasteiger partial charge >= 0.3 is 11.8 Å². The molecule has 45 heavy (non-hydrogen) atoms. The number of halogens is 1. The zero-order chi connectivity index (χ0) is 33.6. The number of carbonyl (C=O) groups is 2. The Labute approximate surface area is 255 Å². The molecule has 0 fully saturated rings. The number of carbonyl (C=O) groups excluding carboxylic acids is 2. The lowest BCUT2D eigenvalue weighted by Gasteiger charge is -2.29. The molecular formula is C27H36FN7O10. The maximum atomic E-state index is 14.7. The summed E-state index contributed by atoms with van der Waals surface area (Å²) in [6.45, 7) is 3.29. The van der Waals surface area contributed by atoms with Gasteiger partial charge in [-0.2, -0.15) is 0 Å². The molecule has 0 bridgehead atoms. The van der Waals surface area contributed by atoms with Crippen molar-refractivity contribution in [1.82, 2.24) is 30.4 Å². The third-order valence-electron chi connectivity index (χ3n) is 6.66. The van der Waals surface area contributed by atoms with Crippen LogP contribution in [0.25, 0.3) is 0 Å². The zero-order valence-corrected chi connectivity index (χ0v) is 25.1. The molecule has 4 unspecified atom stereocenters. The van der Waals surface area contributed by atoms with Crippen molar-refractivity contribution in [3.8, 4) is 11.5 Å². The second-order valence-electron chi connectivity index (χ2n) is 10.7. The van der Waals surface area contributed by atoms with Crippen molar-refractivity contribution in [1.29, 1.82) is 0 Å². The number of aryl methyl sites for hydroxylation is 1. The first kappa shape index (κ1) is 35.0. The number of nitrogens with zero attached hydrogens (tertiary/aromatic N) is 4. The molecule has 0 saturated heterocycles. The first-order valence-corrected chi connectivity index (χ1v) is 13.7. The summed E-state index contributed by atoms with van der Waals surface area (Å²) >= 11 is 0. The van der Waals surface area contributed by atoms with Crippen molar-refractivity contribution in [2.24, 2.45) is 7.05 Å². The number of aromatic nitrogens is 4. The number of aliphatic hydroxyl groups is 4. The van der Waals surface area contributed by atoms with Gasteiger partial charge in [0.2, 0.25) is 11.4 Å². The predicted octanol–water partition coefficient (Wildman–Crippen LogP) is -3.70. The molecule has 3 rings (SSSR count). The van der Waals surface area contributed by atoms with Gasteiger partial charge in [-0.3, -0.25) is 19.0 Å². The maximum absolute atomic E-state index is 14.7. The second-order valence-corrected chi connectivity index (χ2v) is 10.7. The van der Waals surface area contributed by atoms with Crippen LogP contribution in [0, 0.1) is 12.7 Å². The average Bonchev–Trinajstić information content (AvgIpc) is 3.44. The van der Waals surface area contributed by atoms with Crippen molar-refractivity contribution >= 4 is 11.8 Å². The number of likely N-dealkylation sites (N-methyl/N-ethyl adjacent to an activating group) is 1. The van der Waals surface area contributed by atoms with Crippen LogP contribution < -0.4 is 31.4 Å². The van der Waals surface area contributed by atoms with Crippen LogP contribution in [0.2, 0.25) is 0 Å². The number of hydrogen-bond donors (Lipinski definition) is 7. The molecule has 0 aliphatic carbocycles. The molecule has 2 amide bonds. The fraction of sp³-hybridized carbons (Fsp3) is 0.481. The Morgan fingerprint density at radius 3 is 2.49 bits per heavy atom. The number of ether oxygens (including phenoxy) is 1. The molecule has 8 N–H and O–H groups in total. The van der Waals surface area contributed by atoms with E-state index in [9.17, 15) is 44.3 Å². The third-order valence-corrected chi connectivity index (χ3v) is 6.66. The summed E-state index contributed by atoms with van der Waals surface area (Å²) in [7, 11) is 2.87. The van der Waals surface area contributed by atoms with E-state index in [1.807, 2.05) is 0 Å². The average molecular weight is 638 g/mol. The van der Waals surface area contributed by atoms with Crippen LogP contribution in [0.1, 0.15) is 52.3 Å². The topological polar surface area (TPSA) is 262 Å². The van der Waals surface area contributed by atoms with Crippen LogP contribution in [0.15, 0.2) is 27.4 Å². The molecule has 0 saturated carbocycles. The van der Waals surface area contributed by atoms with Crippen LogP contribution in [-0.2, 0) is 19.1 Å². The molecule has 0 aliphatic heterocycles. The summed E-state index contributed by atoms with van der Waals surface area (Å²) in [5.74, 6) is -4.74. The van der Waals surface area contributed by atoms with Crippen LogP contribution in [-0.4, -0.2) is 96.6 Å². The van der Waals surface area contributed by atoms with Gasteiger partial charge in [-0.25, -0.2) is 9.37 Å². The number of benzene rings is 1. The van der Waals surface area contributed by atoms with E-state index in [1.54, 1.807) is 12.4 Å². The molecule has 1 aromatic carbocycles. The van der Waals surface area contributed by atoms with Gasteiger partial charge in [0.15, 0.2) is 17.7 Å². The van der Waals surface area contributed by atoms with Gasteiger partial charge < -0.3 is 50.6 Å². The Kier molecular flexibility index (Phi) is 11.3. The Morgan fingerprint density at radius 1 is 1.20 bits per heavy atom. The second kappa shape index (κ2) is 14.5. The van der Waals surface area contributed by atoms with Gasteiger partial charge in [0, 0.05) is 20.5 Å². The molecule has 4 atom stereocenters. The quantitative estimate of drug-likeness (QED) is 0.0899. The molecule has 17 nitrogen and oxygen atoms in total. The van der Waals surface area contributed by atoms with Gasteiger partial charge in [0.05, 0.1) is 19.2 Å². The van der Waals surface area contributed by atoms with E-state index in [0.29, 0.717) is 0 Å².